The van der Waals surface area contributed by atoms with E-state index in [0.717, 1.165) is 47.8 Å². The van der Waals surface area contributed by atoms with Crippen molar-refractivity contribution < 1.29 is 0 Å². The molecule has 1 aromatic heterocycles. The van der Waals surface area contributed by atoms with Gasteiger partial charge in [0, 0.05) is 43.1 Å². The van der Waals surface area contributed by atoms with Crippen molar-refractivity contribution in [2.24, 2.45) is 0 Å². The predicted octanol–water partition coefficient (Wildman–Crippen LogP) is 4.21. The van der Waals surface area contributed by atoms with E-state index in [-0.39, 0.29) is 0 Å². The van der Waals surface area contributed by atoms with E-state index >= 15 is 0 Å². The average molecular weight is 419 g/mol. The standard InChI is InChI=1S/C20H27ClN6S/c1-13-12-14(21)4-9-17(13)25-20(28)24-16-7-5-15(6-8-16)23-19-22-11-10-18(26-19)27(2)3/h4,9-12,15-16H,5-8H2,1-3H3,(H,22,23,26)(H2,24,25,28). The van der Waals surface area contributed by atoms with Gasteiger partial charge in [0.2, 0.25) is 5.95 Å². The van der Waals surface area contributed by atoms with Gasteiger partial charge in [-0.3, -0.25) is 0 Å². The van der Waals surface area contributed by atoms with Gasteiger partial charge in [0.25, 0.3) is 0 Å². The third-order valence-electron chi connectivity index (χ3n) is 4.93. The molecule has 150 valence electrons. The molecule has 2 aromatic rings. The van der Waals surface area contributed by atoms with Crippen molar-refractivity contribution >= 4 is 46.4 Å². The number of thiocarbonyl (C=S) groups is 1. The number of nitrogens with zero attached hydrogens (tertiary/aromatic N) is 3. The molecule has 6 nitrogen and oxygen atoms in total. The molecule has 1 heterocycles. The number of aromatic nitrogens is 2. The molecule has 1 aliphatic rings. The van der Waals surface area contributed by atoms with Crippen molar-refractivity contribution in [3.05, 3.63) is 41.0 Å². The lowest BCUT2D eigenvalue weighted by Crippen LogP contribution is -2.42. The van der Waals surface area contributed by atoms with Crippen LogP contribution < -0.4 is 20.9 Å². The Kier molecular flexibility index (Phi) is 6.91. The maximum Gasteiger partial charge on any atom is 0.224 e. The number of anilines is 3. The molecule has 0 unspecified atom stereocenters. The number of hydrogen-bond acceptors (Lipinski definition) is 5. The quantitative estimate of drug-likeness (QED) is 0.628. The topological polar surface area (TPSA) is 65.1 Å². The molecule has 1 aromatic carbocycles. The second kappa shape index (κ2) is 9.39. The number of benzene rings is 1. The van der Waals surface area contributed by atoms with E-state index in [1.807, 2.05) is 50.2 Å². The Morgan fingerprint density at radius 3 is 2.54 bits per heavy atom. The summed E-state index contributed by atoms with van der Waals surface area (Å²) in [7, 11) is 3.96. The molecule has 1 aliphatic carbocycles. The molecule has 1 saturated carbocycles. The van der Waals surface area contributed by atoms with E-state index in [1.54, 1.807) is 6.20 Å². The fraction of sp³-hybridized carbons (Fsp3) is 0.450. The van der Waals surface area contributed by atoms with Gasteiger partial charge in [-0.2, -0.15) is 4.98 Å². The second-order valence-corrected chi connectivity index (χ2v) is 8.23. The molecule has 0 atom stereocenters. The van der Waals surface area contributed by atoms with Crippen molar-refractivity contribution in [2.45, 2.75) is 44.7 Å². The lowest BCUT2D eigenvalue weighted by atomic mass is 9.91. The minimum absolute atomic E-state index is 0.375. The maximum absolute atomic E-state index is 6.01. The zero-order valence-corrected chi connectivity index (χ0v) is 18.1. The summed E-state index contributed by atoms with van der Waals surface area (Å²) >= 11 is 11.5. The largest absolute Gasteiger partial charge is 0.363 e. The van der Waals surface area contributed by atoms with E-state index in [2.05, 4.69) is 25.9 Å². The second-order valence-electron chi connectivity index (χ2n) is 7.38. The van der Waals surface area contributed by atoms with E-state index in [0.29, 0.717) is 23.1 Å². The lowest BCUT2D eigenvalue weighted by molar-refractivity contribution is 0.387. The monoisotopic (exact) mass is 418 g/mol. The lowest BCUT2D eigenvalue weighted by Gasteiger charge is -2.30. The molecule has 0 aliphatic heterocycles. The highest BCUT2D eigenvalue weighted by Gasteiger charge is 2.22. The van der Waals surface area contributed by atoms with Gasteiger partial charge in [-0.05, 0) is 74.7 Å². The molecule has 8 heteroatoms. The van der Waals surface area contributed by atoms with E-state index in [9.17, 15) is 0 Å². The van der Waals surface area contributed by atoms with Crippen molar-refractivity contribution in [3.63, 3.8) is 0 Å². The van der Waals surface area contributed by atoms with Gasteiger partial charge in [-0.15, -0.1) is 0 Å². The number of rotatable bonds is 5. The van der Waals surface area contributed by atoms with Crippen LogP contribution in [0.4, 0.5) is 17.5 Å². The van der Waals surface area contributed by atoms with Gasteiger partial charge in [0.15, 0.2) is 5.11 Å². The highest BCUT2D eigenvalue weighted by Crippen LogP contribution is 2.23. The first-order valence-electron chi connectivity index (χ1n) is 9.51. The molecule has 0 bridgehead atoms. The fourth-order valence-electron chi connectivity index (χ4n) is 3.34. The van der Waals surface area contributed by atoms with Crippen LogP contribution in [0.25, 0.3) is 0 Å². The maximum atomic E-state index is 6.01. The Labute approximate surface area is 177 Å². The van der Waals surface area contributed by atoms with Crippen LogP contribution in [-0.4, -0.2) is 41.3 Å². The van der Waals surface area contributed by atoms with Crippen molar-refractivity contribution in [1.29, 1.82) is 0 Å². The molecule has 0 radical (unpaired) electrons. The minimum atomic E-state index is 0.375. The summed E-state index contributed by atoms with van der Waals surface area (Å²) in [6.07, 6.45) is 5.99. The molecule has 3 N–H and O–H groups in total. The van der Waals surface area contributed by atoms with Crippen molar-refractivity contribution in [3.8, 4) is 0 Å². The predicted molar refractivity (Wildman–Crippen MR) is 122 cm³/mol. The number of aryl methyl sites for hydroxylation is 1. The third kappa shape index (κ3) is 5.69. The Morgan fingerprint density at radius 2 is 1.86 bits per heavy atom. The molecular formula is C20H27ClN6S. The Bertz CT molecular complexity index is 820. The van der Waals surface area contributed by atoms with Gasteiger partial charge < -0.3 is 20.9 Å². The van der Waals surface area contributed by atoms with Crippen LogP contribution in [0.2, 0.25) is 5.02 Å². The molecule has 28 heavy (non-hydrogen) atoms. The summed E-state index contributed by atoms with van der Waals surface area (Å²) in [5.41, 5.74) is 2.06. The van der Waals surface area contributed by atoms with Gasteiger partial charge in [-0.25, -0.2) is 4.98 Å². The summed E-state index contributed by atoms with van der Waals surface area (Å²) in [6.45, 7) is 2.01. The Morgan fingerprint density at radius 1 is 1.14 bits per heavy atom. The molecule has 1 fully saturated rings. The summed E-state index contributed by atoms with van der Waals surface area (Å²) in [5.74, 6) is 1.60. The Balaban J connectivity index is 1.46. The third-order valence-corrected chi connectivity index (χ3v) is 5.39. The zero-order chi connectivity index (χ0) is 20.1. The molecule has 0 spiro atoms. The molecule has 0 saturated heterocycles. The minimum Gasteiger partial charge on any atom is -0.363 e. The highest BCUT2D eigenvalue weighted by molar-refractivity contribution is 7.80. The fourth-order valence-corrected chi connectivity index (χ4v) is 3.85. The normalized spacial score (nSPS) is 19.0. The summed E-state index contributed by atoms with van der Waals surface area (Å²) in [5, 5.41) is 11.6. The number of nitrogens with one attached hydrogen (secondary N) is 3. The van der Waals surface area contributed by atoms with Crippen LogP contribution in [0.3, 0.4) is 0 Å². The van der Waals surface area contributed by atoms with Crippen LogP contribution in [-0.2, 0) is 0 Å². The van der Waals surface area contributed by atoms with Crippen molar-refractivity contribution in [2.75, 3.05) is 29.6 Å². The SMILES string of the molecule is Cc1cc(Cl)ccc1NC(=S)NC1CCC(Nc2nccc(N(C)C)n2)CC1. The van der Waals surface area contributed by atoms with Gasteiger partial charge in [0.1, 0.15) is 5.82 Å². The van der Waals surface area contributed by atoms with Crippen LogP contribution >= 0.6 is 23.8 Å². The highest BCUT2D eigenvalue weighted by atomic mass is 35.5. The zero-order valence-electron chi connectivity index (χ0n) is 16.5. The molecular weight excluding hydrogens is 392 g/mol. The molecule has 3 rings (SSSR count). The first-order chi connectivity index (χ1) is 13.4. The summed E-state index contributed by atoms with van der Waals surface area (Å²) < 4.78 is 0. The number of halogens is 1. The van der Waals surface area contributed by atoms with Crippen LogP contribution in [0, 0.1) is 6.92 Å². The van der Waals surface area contributed by atoms with E-state index in [1.165, 1.54) is 0 Å². The molecule has 0 amide bonds. The number of hydrogen-bond donors (Lipinski definition) is 3. The van der Waals surface area contributed by atoms with Gasteiger partial charge in [-0.1, -0.05) is 11.6 Å². The van der Waals surface area contributed by atoms with Gasteiger partial charge >= 0.3 is 0 Å². The van der Waals surface area contributed by atoms with E-state index in [4.69, 9.17) is 23.8 Å². The van der Waals surface area contributed by atoms with Gasteiger partial charge in [0.05, 0.1) is 0 Å². The summed E-state index contributed by atoms with van der Waals surface area (Å²) in [4.78, 5) is 10.9. The van der Waals surface area contributed by atoms with E-state index < -0.39 is 0 Å². The van der Waals surface area contributed by atoms with Crippen molar-refractivity contribution in [1.82, 2.24) is 15.3 Å². The smallest absolute Gasteiger partial charge is 0.224 e. The Hall–Kier alpha value is -2.12. The van der Waals surface area contributed by atoms with Crippen LogP contribution in [0.15, 0.2) is 30.5 Å². The first kappa shape index (κ1) is 20.6. The van der Waals surface area contributed by atoms with Crippen LogP contribution in [0.1, 0.15) is 31.2 Å². The first-order valence-corrected chi connectivity index (χ1v) is 10.3. The summed E-state index contributed by atoms with van der Waals surface area (Å²) in [6, 6.07) is 8.41. The average Bonchev–Trinajstić information content (AvgIpc) is 2.66. The van der Waals surface area contributed by atoms with Crippen LogP contribution in [0.5, 0.6) is 0 Å².